The molecule has 0 rings (SSSR count). The van der Waals surface area contributed by atoms with Crippen molar-refractivity contribution in [2.24, 2.45) is 0 Å². The van der Waals surface area contributed by atoms with E-state index in [9.17, 15) is 0 Å². The van der Waals surface area contributed by atoms with Crippen LogP contribution in [0.25, 0.3) is 0 Å². The molecule has 3 nitrogen and oxygen atoms in total. The summed E-state index contributed by atoms with van der Waals surface area (Å²) in [6.45, 7) is 8.86. The molecule has 94 valence electrons. The molecular formula is C13H27N3. The van der Waals surface area contributed by atoms with E-state index in [2.05, 4.69) is 37.1 Å². The Balaban J connectivity index is 3.89. The van der Waals surface area contributed by atoms with Gasteiger partial charge in [-0.25, -0.2) is 0 Å². The Morgan fingerprint density at radius 1 is 1.25 bits per heavy atom. The molecule has 0 aromatic carbocycles. The number of nitrogens with one attached hydrogen (secondary N) is 1. The van der Waals surface area contributed by atoms with Gasteiger partial charge in [-0.1, -0.05) is 19.8 Å². The van der Waals surface area contributed by atoms with Crippen molar-refractivity contribution in [1.82, 2.24) is 10.2 Å². The highest BCUT2D eigenvalue weighted by molar-refractivity contribution is 4.89. The predicted molar refractivity (Wildman–Crippen MR) is 69.3 cm³/mol. The average molecular weight is 225 g/mol. The minimum atomic E-state index is -0.00701. The van der Waals surface area contributed by atoms with Crippen molar-refractivity contribution in [3.8, 4) is 6.07 Å². The normalized spacial score (nSPS) is 13.1. The Morgan fingerprint density at radius 2 is 1.94 bits per heavy atom. The average Bonchev–Trinajstić information content (AvgIpc) is 2.27. The molecule has 0 radical (unpaired) electrons. The summed E-state index contributed by atoms with van der Waals surface area (Å²) in [5.74, 6) is 0. The van der Waals surface area contributed by atoms with Gasteiger partial charge in [0.1, 0.15) is 0 Å². The van der Waals surface area contributed by atoms with Crippen LogP contribution in [0.1, 0.15) is 46.5 Å². The van der Waals surface area contributed by atoms with Crippen LogP contribution in [-0.2, 0) is 0 Å². The first-order valence-electron chi connectivity index (χ1n) is 6.46. The molecule has 0 aliphatic carbocycles. The number of nitrogens with zero attached hydrogens (tertiary/aromatic N) is 2. The first kappa shape index (κ1) is 15.4. The van der Waals surface area contributed by atoms with Crippen molar-refractivity contribution in [2.45, 2.75) is 58.5 Å². The van der Waals surface area contributed by atoms with Crippen LogP contribution in [0.3, 0.4) is 0 Å². The lowest BCUT2D eigenvalue weighted by molar-refractivity contribution is 0.210. The topological polar surface area (TPSA) is 39.1 Å². The zero-order valence-corrected chi connectivity index (χ0v) is 11.3. The first-order valence-corrected chi connectivity index (χ1v) is 6.46. The van der Waals surface area contributed by atoms with E-state index in [1.165, 1.54) is 19.3 Å². The van der Waals surface area contributed by atoms with Gasteiger partial charge in [0, 0.05) is 12.6 Å². The van der Waals surface area contributed by atoms with Crippen molar-refractivity contribution in [3.05, 3.63) is 0 Å². The Hall–Kier alpha value is -0.590. The number of nitriles is 1. The molecule has 3 heteroatoms. The van der Waals surface area contributed by atoms with Gasteiger partial charge in [0.25, 0.3) is 0 Å². The number of hydrogen-bond acceptors (Lipinski definition) is 3. The summed E-state index contributed by atoms with van der Waals surface area (Å²) in [5.41, 5.74) is 0. The maximum Gasteiger partial charge on any atom is 0.0962 e. The molecule has 0 bridgehead atoms. The summed E-state index contributed by atoms with van der Waals surface area (Å²) in [5, 5.41) is 11.9. The van der Waals surface area contributed by atoms with Crippen LogP contribution in [0, 0.1) is 11.3 Å². The Kier molecular flexibility index (Phi) is 9.27. The third-order valence-electron chi connectivity index (χ3n) is 2.99. The lowest BCUT2D eigenvalue weighted by Gasteiger charge is -2.27. The maximum absolute atomic E-state index is 8.86. The van der Waals surface area contributed by atoms with Crippen molar-refractivity contribution in [3.63, 3.8) is 0 Å². The first-order chi connectivity index (χ1) is 7.65. The standard InChI is InChI=1S/C13H27N3/c1-5-6-7-9-16(12(2)3)10-8-13(11-14)15-4/h12-13,15H,5-10H2,1-4H3. The summed E-state index contributed by atoms with van der Waals surface area (Å²) >= 11 is 0. The second-order valence-corrected chi connectivity index (χ2v) is 4.60. The molecular weight excluding hydrogens is 198 g/mol. The summed E-state index contributed by atoms with van der Waals surface area (Å²) < 4.78 is 0. The van der Waals surface area contributed by atoms with E-state index in [0.717, 1.165) is 19.5 Å². The van der Waals surface area contributed by atoms with Gasteiger partial charge >= 0.3 is 0 Å². The van der Waals surface area contributed by atoms with Gasteiger partial charge in [-0.2, -0.15) is 5.26 Å². The van der Waals surface area contributed by atoms with E-state index in [1.807, 2.05) is 7.05 Å². The van der Waals surface area contributed by atoms with E-state index >= 15 is 0 Å². The molecule has 1 unspecified atom stereocenters. The van der Waals surface area contributed by atoms with E-state index in [1.54, 1.807) is 0 Å². The molecule has 0 fully saturated rings. The van der Waals surface area contributed by atoms with E-state index in [4.69, 9.17) is 5.26 Å². The molecule has 0 saturated heterocycles. The van der Waals surface area contributed by atoms with Crippen LogP contribution in [0.2, 0.25) is 0 Å². The lowest BCUT2D eigenvalue weighted by Crippen LogP contribution is -2.36. The van der Waals surface area contributed by atoms with Gasteiger partial charge < -0.3 is 10.2 Å². The molecule has 0 aliphatic rings. The van der Waals surface area contributed by atoms with E-state index in [0.29, 0.717) is 6.04 Å². The minimum absolute atomic E-state index is 0.00701. The summed E-state index contributed by atoms with van der Waals surface area (Å²) in [6, 6.07) is 2.85. The highest BCUT2D eigenvalue weighted by Crippen LogP contribution is 2.05. The molecule has 16 heavy (non-hydrogen) atoms. The molecule has 0 aliphatic heterocycles. The summed E-state index contributed by atoms with van der Waals surface area (Å²) in [6.07, 6.45) is 4.75. The zero-order chi connectivity index (χ0) is 12.4. The molecule has 0 heterocycles. The van der Waals surface area contributed by atoms with Crippen molar-refractivity contribution < 1.29 is 0 Å². The van der Waals surface area contributed by atoms with Crippen molar-refractivity contribution >= 4 is 0 Å². The number of unbranched alkanes of at least 4 members (excludes halogenated alkanes) is 2. The fourth-order valence-electron chi connectivity index (χ4n) is 1.76. The maximum atomic E-state index is 8.86. The second-order valence-electron chi connectivity index (χ2n) is 4.60. The highest BCUT2D eigenvalue weighted by atomic mass is 15.1. The molecule has 1 atom stereocenters. The molecule has 1 N–H and O–H groups in total. The van der Waals surface area contributed by atoms with Crippen LogP contribution in [0.4, 0.5) is 0 Å². The van der Waals surface area contributed by atoms with Crippen LogP contribution < -0.4 is 5.32 Å². The molecule has 0 spiro atoms. The Labute approximate surface area is 101 Å². The predicted octanol–water partition coefficient (Wildman–Crippen LogP) is 2.39. The highest BCUT2D eigenvalue weighted by Gasteiger charge is 2.11. The quantitative estimate of drug-likeness (QED) is 0.612. The largest absolute Gasteiger partial charge is 0.305 e. The number of rotatable bonds is 9. The molecule has 0 aromatic heterocycles. The minimum Gasteiger partial charge on any atom is -0.305 e. The van der Waals surface area contributed by atoms with Gasteiger partial charge in [0.15, 0.2) is 0 Å². The van der Waals surface area contributed by atoms with Crippen LogP contribution in [0.5, 0.6) is 0 Å². The van der Waals surface area contributed by atoms with Gasteiger partial charge in [-0.05, 0) is 40.3 Å². The smallest absolute Gasteiger partial charge is 0.0962 e. The van der Waals surface area contributed by atoms with Crippen LogP contribution >= 0.6 is 0 Å². The SMILES string of the molecule is CCCCCN(CCC(C#N)NC)C(C)C. The number of hydrogen-bond donors (Lipinski definition) is 1. The van der Waals surface area contributed by atoms with E-state index < -0.39 is 0 Å². The fraction of sp³-hybridized carbons (Fsp3) is 0.923. The third-order valence-corrected chi connectivity index (χ3v) is 2.99. The van der Waals surface area contributed by atoms with Crippen LogP contribution in [-0.4, -0.2) is 37.1 Å². The molecule has 0 amide bonds. The van der Waals surface area contributed by atoms with Gasteiger partial charge in [-0.15, -0.1) is 0 Å². The monoisotopic (exact) mass is 225 g/mol. The summed E-state index contributed by atoms with van der Waals surface area (Å²) in [7, 11) is 1.85. The molecule has 0 aromatic rings. The van der Waals surface area contributed by atoms with Gasteiger partial charge in [0.2, 0.25) is 0 Å². The third kappa shape index (κ3) is 6.81. The lowest BCUT2D eigenvalue weighted by atomic mass is 10.1. The van der Waals surface area contributed by atoms with E-state index in [-0.39, 0.29) is 6.04 Å². The fourth-order valence-corrected chi connectivity index (χ4v) is 1.76. The van der Waals surface area contributed by atoms with Crippen LogP contribution in [0.15, 0.2) is 0 Å². The Morgan fingerprint density at radius 3 is 2.38 bits per heavy atom. The molecule has 0 saturated carbocycles. The second kappa shape index (κ2) is 9.62. The zero-order valence-electron chi connectivity index (χ0n) is 11.3. The van der Waals surface area contributed by atoms with Crippen molar-refractivity contribution in [1.29, 1.82) is 5.26 Å². The Bertz CT molecular complexity index is 196. The summed E-state index contributed by atoms with van der Waals surface area (Å²) in [4.78, 5) is 2.47. The van der Waals surface area contributed by atoms with Gasteiger partial charge in [-0.3, -0.25) is 0 Å². The van der Waals surface area contributed by atoms with Crippen molar-refractivity contribution in [2.75, 3.05) is 20.1 Å². The van der Waals surface area contributed by atoms with Gasteiger partial charge in [0.05, 0.1) is 12.1 Å².